The predicted molar refractivity (Wildman–Crippen MR) is 94.3 cm³/mol. The zero-order chi connectivity index (χ0) is 16.9. The molecule has 4 heteroatoms. The summed E-state index contributed by atoms with van der Waals surface area (Å²) < 4.78 is 6.08. The lowest BCUT2D eigenvalue weighted by molar-refractivity contribution is 0.0465. The number of hydrogen-bond donors (Lipinski definition) is 1. The van der Waals surface area contributed by atoms with Crippen LogP contribution < -0.4 is 4.74 Å². The van der Waals surface area contributed by atoms with Gasteiger partial charge < -0.3 is 14.7 Å². The summed E-state index contributed by atoms with van der Waals surface area (Å²) in [5.41, 5.74) is 0.689. The average Bonchev–Trinajstić information content (AvgIpc) is 2.62. The Bertz CT molecular complexity index is 552. The van der Waals surface area contributed by atoms with Crippen LogP contribution >= 0.6 is 0 Å². The van der Waals surface area contributed by atoms with E-state index < -0.39 is 0 Å². The van der Waals surface area contributed by atoms with Crippen LogP contribution in [0, 0.1) is 5.92 Å². The fourth-order valence-electron chi connectivity index (χ4n) is 3.85. The molecule has 3 rings (SSSR count). The molecule has 1 saturated carbocycles. The van der Waals surface area contributed by atoms with Crippen LogP contribution in [-0.4, -0.2) is 41.2 Å². The third kappa shape index (κ3) is 4.29. The average molecular weight is 331 g/mol. The smallest absolute Gasteiger partial charge is 0.253 e. The third-order valence-electron chi connectivity index (χ3n) is 5.36. The van der Waals surface area contributed by atoms with Gasteiger partial charge in [0, 0.05) is 24.6 Å². The predicted octanol–water partition coefficient (Wildman–Crippen LogP) is 3.63. The van der Waals surface area contributed by atoms with Crippen LogP contribution in [0.25, 0.3) is 0 Å². The van der Waals surface area contributed by atoms with E-state index in [1.807, 2.05) is 36.1 Å². The van der Waals surface area contributed by atoms with E-state index in [4.69, 9.17) is 4.74 Å². The maximum atomic E-state index is 12.8. The van der Waals surface area contributed by atoms with Gasteiger partial charge in [-0.2, -0.15) is 0 Å². The molecule has 132 valence electrons. The molecular weight excluding hydrogens is 302 g/mol. The Morgan fingerprint density at radius 3 is 2.75 bits per heavy atom. The number of amides is 1. The van der Waals surface area contributed by atoms with Gasteiger partial charge in [-0.1, -0.05) is 12.5 Å². The zero-order valence-corrected chi connectivity index (χ0v) is 14.6. The summed E-state index contributed by atoms with van der Waals surface area (Å²) in [6.45, 7) is 3.23. The van der Waals surface area contributed by atoms with Crippen LogP contribution in [0.15, 0.2) is 24.3 Å². The Labute approximate surface area is 144 Å². The molecule has 1 aliphatic heterocycles. The van der Waals surface area contributed by atoms with E-state index >= 15 is 0 Å². The molecule has 2 fully saturated rings. The van der Waals surface area contributed by atoms with E-state index in [1.54, 1.807) is 0 Å². The second-order valence-electron chi connectivity index (χ2n) is 7.30. The van der Waals surface area contributed by atoms with Crippen LogP contribution in [0.5, 0.6) is 5.75 Å². The minimum atomic E-state index is -0.360. The quantitative estimate of drug-likeness (QED) is 0.916. The van der Waals surface area contributed by atoms with Gasteiger partial charge in [0.25, 0.3) is 5.91 Å². The van der Waals surface area contributed by atoms with E-state index in [0.717, 1.165) is 38.0 Å². The molecule has 1 heterocycles. The van der Waals surface area contributed by atoms with Crippen molar-refractivity contribution in [2.45, 2.75) is 64.1 Å². The molecule has 0 aromatic heterocycles. The topological polar surface area (TPSA) is 49.8 Å². The summed E-state index contributed by atoms with van der Waals surface area (Å²) in [5.74, 6) is 1.04. The number of rotatable bonds is 4. The van der Waals surface area contributed by atoms with E-state index in [1.165, 1.54) is 19.3 Å². The number of carbonyl (C=O) groups excluding carboxylic acids is 1. The number of carbonyl (C=O) groups is 1. The van der Waals surface area contributed by atoms with Crippen molar-refractivity contribution in [3.05, 3.63) is 29.8 Å². The Morgan fingerprint density at radius 2 is 2.00 bits per heavy atom. The van der Waals surface area contributed by atoms with Crippen LogP contribution in [0.1, 0.15) is 62.2 Å². The molecule has 1 saturated heterocycles. The van der Waals surface area contributed by atoms with E-state index in [-0.39, 0.29) is 17.9 Å². The Morgan fingerprint density at radius 1 is 1.21 bits per heavy atom. The number of aliphatic hydroxyl groups excluding tert-OH is 1. The lowest BCUT2D eigenvalue weighted by Crippen LogP contribution is -2.42. The fourth-order valence-corrected chi connectivity index (χ4v) is 3.85. The van der Waals surface area contributed by atoms with Gasteiger partial charge in [0.1, 0.15) is 5.75 Å². The van der Waals surface area contributed by atoms with E-state index in [0.29, 0.717) is 18.2 Å². The molecule has 2 aliphatic rings. The molecule has 4 nitrogen and oxygen atoms in total. The highest BCUT2D eigenvalue weighted by atomic mass is 16.5. The molecule has 24 heavy (non-hydrogen) atoms. The number of aliphatic hydroxyl groups is 1. The molecule has 1 aromatic rings. The van der Waals surface area contributed by atoms with Gasteiger partial charge in [0.2, 0.25) is 0 Å². The van der Waals surface area contributed by atoms with Gasteiger partial charge >= 0.3 is 0 Å². The molecule has 0 spiro atoms. The first-order chi connectivity index (χ1) is 11.6. The minimum Gasteiger partial charge on any atom is -0.490 e. The lowest BCUT2D eigenvalue weighted by atomic mass is 9.93. The van der Waals surface area contributed by atoms with Crippen molar-refractivity contribution in [2.24, 2.45) is 5.92 Å². The summed E-state index contributed by atoms with van der Waals surface area (Å²) in [5, 5.41) is 9.82. The number of benzene rings is 1. The Balaban J connectivity index is 1.65. The second kappa shape index (κ2) is 8.02. The van der Waals surface area contributed by atoms with Gasteiger partial charge in [-0.3, -0.25) is 4.79 Å². The van der Waals surface area contributed by atoms with Gasteiger partial charge in [-0.25, -0.2) is 0 Å². The van der Waals surface area contributed by atoms with Crippen molar-refractivity contribution in [3.8, 4) is 5.75 Å². The summed E-state index contributed by atoms with van der Waals surface area (Å²) in [4.78, 5) is 14.7. The summed E-state index contributed by atoms with van der Waals surface area (Å²) in [7, 11) is 0. The third-order valence-corrected chi connectivity index (χ3v) is 5.36. The van der Waals surface area contributed by atoms with Crippen molar-refractivity contribution in [1.29, 1.82) is 0 Å². The highest BCUT2D eigenvalue weighted by Crippen LogP contribution is 2.25. The van der Waals surface area contributed by atoms with Crippen molar-refractivity contribution >= 4 is 5.91 Å². The molecule has 1 N–H and O–H groups in total. The monoisotopic (exact) mass is 331 g/mol. The summed E-state index contributed by atoms with van der Waals surface area (Å²) in [6.07, 6.45) is 7.88. The van der Waals surface area contributed by atoms with Gasteiger partial charge in [0.15, 0.2) is 0 Å². The number of hydrogen-bond acceptors (Lipinski definition) is 3. The zero-order valence-electron chi connectivity index (χ0n) is 14.6. The van der Waals surface area contributed by atoms with Crippen LogP contribution in [0.3, 0.4) is 0 Å². The molecule has 0 radical (unpaired) electrons. The first kappa shape index (κ1) is 17.3. The lowest BCUT2D eigenvalue weighted by Gasteiger charge is -2.34. The molecule has 0 bridgehead atoms. The molecule has 1 amide bonds. The number of ether oxygens (including phenoxy) is 1. The maximum Gasteiger partial charge on any atom is 0.253 e. The van der Waals surface area contributed by atoms with Crippen molar-refractivity contribution in [3.63, 3.8) is 0 Å². The fraction of sp³-hybridized carbons (Fsp3) is 0.650. The van der Waals surface area contributed by atoms with Crippen LogP contribution in [0.2, 0.25) is 0 Å². The molecule has 1 aliphatic carbocycles. The number of likely N-dealkylation sites (tertiary alicyclic amines) is 1. The maximum absolute atomic E-state index is 12.8. The second-order valence-corrected chi connectivity index (χ2v) is 7.30. The first-order valence-electron chi connectivity index (χ1n) is 9.37. The van der Waals surface area contributed by atoms with Gasteiger partial charge in [0.05, 0.1) is 12.2 Å². The van der Waals surface area contributed by atoms with Crippen molar-refractivity contribution in [2.75, 3.05) is 13.1 Å². The first-order valence-corrected chi connectivity index (χ1v) is 9.37. The summed E-state index contributed by atoms with van der Waals surface area (Å²) in [6, 6.07) is 7.59. The molecule has 2 unspecified atom stereocenters. The normalized spacial score (nSPS) is 23.8. The Kier molecular flexibility index (Phi) is 5.77. The van der Waals surface area contributed by atoms with Gasteiger partial charge in [-0.05, 0) is 63.6 Å². The van der Waals surface area contributed by atoms with Crippen molar-refractivity contribution < 1.29 is 14.6 Å². The molecule has 2 atom stereocenters. The van der Waals surface area contributed by atoms with E-state index in [9.17, 15) is 9.90 Å². The number of nitrogens with zero attached hydrogens (tertiary/aromatic N) is 1. The van der Waals surface area contributed by atoms with Crippen LogP contribution in [-0.2, 0) is 0 Å². The SMILES string of the molecule is CC(O)C1CCCN(C(=O)c2cccc(OC3CCCCC3)c2)C1. The molecular formula is C20H29NO3. The highest BCUT2D eigenvalue weighted by molar-refractivity contribution is 5.94. The number of piperidine rings is 1. The minimum absolute atomic E-state index is 0.0504. The van der Waals surface area contributed by atoms with E-state index in [2.05, 4.69) is 0 Å². The van der Waals surface area contributed by atoms with Gasteiger partial charge in [-0.15, -0.1) is 0 Å². The standard InChI is InChI=1S/C20H29NO3/c1-15(22)17-8-6-12-21(14-17)20(23)16-7-5-11-19(13-16)24-18-9-3-2-4-10-18/h5,7,11,13,15,17-18,22H,2-4,6,8-10,12,14H2,1H3. The van der Waals surface area contributed by atoms with Crippen LogP contribution in [0.4, 0.5) is 0 Å². The summed E-state index contributed by atoms with van der Waals surface area (Å²) >= 11 is 0. The molecule has 1 aromatic carbocycles. The Hall–Kier alpha value is -1.55. The highest BCUT2D eigenvalue weighted by Gasteiger charge is 2.27. The largest absolute Gasteiger partial charge is 0.490 e. The van der Waals surface area contributed by atoms with Crippen molar-refractivity contribution in [1.82, 2.24) is 4.90 Å².